The molecular formula is C32H44N8O4. The fraction of sp³-hybridized carbons (Fsp3) is 0.469. The molecule has 2 aromatic carbocycles. The van der Waals surface area contributed by atoms with E-state index in [2.05, 4.69) is 36.2 Å². The highest BCUT2D eigenvalue weighted by Crippen LogP contribution is 2.24. The molecular weight excluding hydrogens is 560 g/mol. The second kappa shape index (κ2) is 18.5. The molecule has 0 spiro atoms. The first kappa shape index (κ1) is 32.8. The van der Waals surface area contributed by atoms with E-state index in [9.17, 15) is 9.59 Å². The highest BCUT2D eigenvalue weighted by molar-refractivity contribution is 5.95. The molecule has 0 aliphatic heterocycles. The van der Waals surface area contributed by atoms with Crippen molar-refractivity contribution in [3.8, 4) is 0 Å². The lowest BCUT2D eigenvalue weighted by molar-refractivity contribution is 0.0511. The van der Waals surface area contributed by atoms with Gasteiger partial charge >= 0.3 is 0 Å². The van der Waals surface area contributed by atoms with E-state index in [0.29, 0.717) is 86.6 Å². The van der Waals surface area contributed by atoms with Crippen molar-refractivity contribution in [2.24, 2.45) is 11.7 Å². The van der Waals surface area contributed by atoms with E-state index in [0.717, 1.165) is 24.8 Å². The van der Waals surface area contributed by atoms with E-state index in [4.69, 9.17) is 15.2 Å². The number of rotatable bonds is 19. The smallest absolute Gasteiger partial charge is 0.251 e. The molecule has 3 aromatic rings. The average molecular weight is 605 g/mol. The van der Waals surface area contributed by atoms with E-state index in [1.165, 1.54) is 32.1 Å². The first-order chi connectivity index (χ1) is 21.6. The van der Waals surface area contributed by atoms with Gasteiger partial charge in [-0.15, -0.1) is 0 Å². The normalized spacial score (nSPS) is 13.3. The summed E-state index contributed by atoms with van der Waals surface area (Å²) in [4.78, 5) is 37.5. The van der Waals surface area contributed by atoms with Crippen LogP contribution in [0.3, 0.4) is 0 Å². The Kier molecular flexibility index (Phi) is 13.8. The zero-order chi connectivity index (χ0) is 30.8. The van der Waals surface area contributed by atoms with Gasteiger partial charge in [-0.3, -0.25) is 9.59 Å². The molecule has 0 bridgehead atoms. The number of nitrogens with zero attached hydrogens (tertiary/aromatic N) is 3. The summed E-state index contributed by atoms with van der Waals surface area (Å²) in [5.41, 5.74) is 8.32. The zero-order valence-electron chi connectivity index (χ0n) is 25.2. The number of hydrogen-bond acceptors (Lipinski definition) is 11. The van der Waals surface area contributed by atoms with E-state index in [1.54, 1.807) is 18.2 Å². The number of carbonyl (C=O) groups is 2. The van der Waals surface area contributed by atoms with Crippen LogP contribution < -0.4 is 27.0 Å². The Labute approximate surface area is 258 Å². The van der Waals surface area contributed by atoms with Gasteiger partial charge in [-0.25, -0.2) is 0 Å². The molecule has 4 rings (SSSR count). The number of nitrogens with two attached hydrogens (primary N) is 1. The third-order valence-corrected chi connectivity index (χ3v) is 7.27. The van der Waals surface area contributed by atoms with Crippen LogP contribution >= 0.6 is 0 Å². The summed E-state index contributed by atoms with van der Waals surface area (Å²) in [5, 5.41) is 12.8. The zero-order valence-corrected chi connectivity index (χ0v) is 25.2. The molecule has 6 N–H and O–H groups in total. The Morgan fingerprint density at radius 1 is 0.864 bits per heavy atom. The molecule has 1 aliphatic carbocycles. The molecule has 1 amide bonds. The number of benzene rings is 2. The number of nitrogens with one attached hydrogen (secondary N) is 4. The number of anilines is 4. The van der Waals surface area contributed by atoms with Gasteiger partial charge in [-0.1, -0.05) is 49.6 Å². The molecule has 1 heterocycles. The largest absolute Gasteiger partial charge is 0.378 e. The van der Waals surface area contributed by atoms with Crippen molar-refractivity contribution in [1.29, 1.82) is 0 Å². The number of ether oxygens (including phenoxy) is 2. The van der Waals surface area contributed by atoms with Crippen LogP contribution in [0.25, 0.3) is 0 Å². The molecule has 0 atom stereocenters. The maximum atomic E-state index is 12.7. The van der Waals surface area contributed by atoms with Crippen LogP contribution in [0.1, 0.15) is 58.4 Å². The van der Waals surface area contributed by atoms with Crippen molar-refractivity contribution in [3.05, 3.63) is 65.2 Å². The third-order valence-electron chi connectivity index (χ3n) is 7.27. The van der Waals surface area contributed by atoms with E-state index in [-0.39, 0.29) is 5.91 Å². The molecule has 236 valence electrons. The number of hydrogen-bond donors (Lipinski definition) is 5. The minimum absolute atomic E-state index is 0.203. The van der Waals surface area contributed by atoms with E-state index >= 15 is 0 Å². The van der Waals surface area contributed by atoms with E-state index in [1.807, 2.05) is 30.3 Å². The quantitative estimate of drug-likeness (QED) is 0.0998. The second-order valence-electron chi connectivity index (χ2n) is 10.7. The van der Waals surface area contributed by atoms with Crippen molar-refractivity contribution < 1.29 is 19.1 Å². The summed E-state index contributed by atoms with van der Waals surface area (Å²) in [6.45, 7) is 4.09. The highest BCUT2D eigenvalue weighted by atomic mass is 16.5. The maximum Gasteiger partial charge on any atom is 0.251 e. The summed E-state index contributed by atoms with van der Waals surface area (Å²) >= 11 is 0. The lowest BCUT2D eigenvalue weighted by atomic mass is 9.89. The average Bonchev–Trinajstić information content (AvgIpc) is 3.06. The Bertz CT molecular complexity index is 1300. The summed E-state index contributed by atoms with van der Waals surface area (Å²) < 4.78 is 10.7. The van der Waals surface area contributed by atoms with Crippen LogP contribution in [0.5, 0.6) is 0 Å². The minimum atomic E-state index is -0.203. The molecule has 0 saturated heterocycles. The molecule has 0 unspecified atom stereocenters. The monoisotopic (exact) mass is 604 g/mol. The number of aldehydes is 1. The van der Waals surface area contributed by atoms with Crippen molar-refractivity contribution >= 4 is 35.7 Å². The summed E-state index contributed by atoms with van der Waals surface area (Å²) in [6.07, 6.45) is 7.82. The highest BCUT2D eigenvalue weighted by Gasteiger charge is 2.15. The standard InChI is InChI=1S/C32H44N8O4/c33-14-17-43-19-20-44-18-16-34-29(42)27-7-4-8-28(21-27)37-32-39-30(35-15-13-24-9-11-26(23-41)12-10-24)38-31(40-32)36-22-25-5-2-1-3-6-25/h4,7-12,21,23,25H,1-3,5-6,13-20,22,33H2,(H,34,42)(H3,35,36,37,38,39,40). The van der Waals surface area contributed by atoms with Crippen LogP contribution in [-0.4, -0.2) is 79.8 Å². The number of aromatic nitrogens is 3. The molecule has 1 aliphatic rings. The predicted molar refractivity (Wildman–Crippen MR) is 172 cm³/mol. The molecule has 12 nitrogen and oxygen atoms in total. The Morgan fingerprint density at radius 3 is 2.34 bits per heavy atom. The fourth-order valence-electron chi connectivity index (χ4n) is 4.91. The summed E-state index contributed by atoms with van der Waals surface area (Å²) in [6, 6.07) is 14.7. The lowest BCUT2D eigenvalue weighted by Crippen LogP contribution is -2.27. The molecule has 1 saturated carbocycles. The summed E-state index contributed by atoms with van der Waals surface area (Å²) in [7, 11) is 0. The van der Waals surface area contributed by atoms with Crippen molar-refractivity contribution in [2.45, 2.75) is 38.5 Å². The first-order valence-corrected chi connectivity index (χ1v) is 15.4. The van der Waals surface area contributed by atoms with Crippen LogP contribution in [0, 0.1) is 5.92 Å². The van der Waals surface area contributed by atoms with Gasteiger partial charge in [-0.2, -0.15) is 15.0 Å². The van der Waals surface area contributed by atoms with Crippen LogP contribution in [0.15, 0.2) is 48.5 Å². The predicted octanol–water partition coefficient (Wildman–Crippen LogP) is 3.80. The Balaban J connectivity index is 1.35. The van der Waals surface area contributed by atoms with Gasteiger partial charge in [0, 0.05) is 43.0 Å². The number of amides is 1. The van der Waals surface area contributed by atoms with Gasteiger partial charge < -0.3 is 36.5 Å². The van der Waals surface area contributed by atoms with Gasteiger partial charge in [-0.05, 0) is 48.9 Å². The molecule has 44 heavy (non-hydrogen) atoms. The lowest BCUT2D eigenvalue weighted by Gasteiger charge is -2.21. The third kappa shape index (κ3) is 11.5. The van der Waals surface area contributed by atoms with Crippen LogP contribution in [0.4, 0.5) is 23.5 Å². The molecule has 1 fully saturated rings. The first-order valence-electron chi connectivity index (χ1n) is 15.4. The van der Waals surface area contributed by atoms with Crippen LogP contribution in [0.2, 0.25) is 0 Å². The van der Waals surface area contributed by atoms with Gasteiger partial charge in [0.25, 0.3) is 5.91 Å². The van der Waals surface area contributed by atoms with Crippen molar-refractivity contribution in [2.75, 3.05) is 68.6 Å². The minimum Gasteiger partial charge on any atom is -0.378 e. The SMILES string of the molecule is NCCOCCOCCNC(=O)c1cccc(Nc2nc(NCCc3ccc(C=O)cc3)nc(NCC3CCCCC3)n2)c1. The summed E-state index contributed by atoms with van der Waals surface area (Å²) in [5.74, 6) is 1.71. The van der Waals surface area contributed by atoms with Crippen molar-refractivity contribution in [1.82, 2.24) is 20.3 Å². The Hall–Kier alpha value is -4.13. The van der Waals surface area contributed by atoms with Gasteiger partial charge in [0.2, 0.25) is 17.8 Å². The van der Waals surface area contributed by atoms with Gasteiger partial charge in [0.05, 0.1) is 26.4 Å². The molecule has 12 heteroatoms. The van der Waals surface area contributed by atoms with Crippen LogP contribution in [-0.2, 0) is 15.9 Å². The van der Waals surface area contributed by atoms with E-state index < -0.39 is 0 Å². The van der Waals surface area contributed by atoms with Crippen molar-refractivity contribution in [3.63, 3.8) is 0 Å². The fourth-order valence-corrected chi connectivity index (χ4v) is 4.91. The number of carbonyl (C=O) groups excluding carboxylic acids is 2. The molecule has 0 radical (unpaired) electrons. The maximum absolute atomic E-state index is 12.7. The second-order valence-corrected chi connectivity index (χ2v) is 10.7. The Morgan fingerprint density at radius 2 is 1.59 bits per heavy atom. The molecule has 1 aromatic heterocycles. The van der Waals surface area contributed by atoms with Gasteiger partial charge in [0.15, 0.2) is 0 Å². The topological polar surface area (TPSA) is 165 Å². The van der Waals surface area contributed by atoms with Gasteiger partial charge in [0.1, 0.15) is 6.29 Å².